The molecule has 186 valence electrons. The maximum atomic E-state index is 13.5. The van der Waals surface area contributed by atoms with E-state index in [1.807, 2.05) is 52.0 Å². The molecule has 2 rings (SSSR count). The Kier molecular flexibility index (Phi) is 9.02. The number of nitrogens with zero attached hydrogens (tertiary/aromatic N) is 2. The van der Waals surface area contributed by atoms with Crippen LogP contribution < -0.4 is 9.62 Å². The number of anilines is 1. The maximum Gasteiger partial charge on any atom is 0.244 e. The number of carbonyl (C=O) groups excluding carboxylic acids is 2. The summed E-state index contributed by atoms with van der Waals surface area (Å²) in [6.07, 6.45) is 0.993. The number of sulfonamides is 1. The molecule has 7 nitrogen and oxygen atoms in total. The summed E-state index contributed by atoms with van der Waals surface area (Å²) in [5.41, 5.74) is 1.42. The molecule has 0 radical (unpaired) electrons. The van der Waals surface area contributed by atoms with E-state index in [1.54, 1.807) is 6.92 Å². The topological polar surface area (TPSA) is 86.8 Å². The van der Waals surface area contributed by atoms with Crippen molar-refractivity contribution in [3.63, 3.8) is 0 Å². The number of amides is 2. The van der Waals surface area contributed by atoms with E-state index in [4.69, 9.17) is 23.2 Å². The van der Waals surface area contributed by atoms with Crippen molar-refractivity contribution in [1.82, 2.24) is 10.2 Å². The molecule has 2 amide bonds. The van der Waals surface area contributed by atoms with E-state index in [1.165, 1.54) is 23.1 Å². The highest BCUT2D eigenvalue weighted by Crippen LogP contribution is 2.30. The zero-order chi connectivity index (χ0) is 25.8. The van der Waals surface area contributed by atoms with Crippen LogP contribution in [0, 0.1) is 6.92 Å². The van der Waals surface area contributed by atoms with E-state index in [0.29, 0.717) is 5.02 Å². The largest absolute Gasteiger partial charge is 0.350 e. The third-order valence-electron chi connectivity index (χ3n) is 5.13. The summed E-state index contributed by atoms with van der Waals surface area (Å²) in [4.78, 5) is 27.9. The second-order valence-corrected chi connectivity index (χ2v) is 12.0. The van der Waals surface area contributed by atoms with Crippen LogP contribution in [0.1, 0.15) is 38.8 Å². The second-order valence-electron chi connectivity index (χ2n) is 9.23. The lowest BCUT2D eigenvalue weighted by molar-refractivity contribution is -0.140. The summed E-state index contributed by atoms with van der Waals surface area (Å²) in [7, 11) is -3.88. The summed E-state index contributed by atoms with van der Waals surface area (Å²) in [5, 5.41) is 3.31. The van der Waals surface area contributed by atoms with Gasteiger partial charge in [0.05, 0.1) is 17.0 Å². The lowest BCUT2D eigenvalue weighted by Gasteiger charge is -2.33. The predicted molar refractivity (Wildman–Crippen MR) is 138 cm³/mol. The number of carbonyl (C=O) groups is 2. The van der Waals surface area contributed by atoms with Gasteiger partial charge in [0.25, 0.3) is 0 Å². The smallest absolute Gasteiger partial charge is 0.244 e. The van der Waals surface area contributed by atoms with Crippen molar-refractivity contribution in [3.05, 3.63) is 63.6 Å². The summed E-state index contributed by atoms with van der Waals surface area (Å²) in [6, 6.07) is 11.0. The molecule has 0 aliphatic heterocycles. The molecule has 1 N–H and O–H groups in total. The molecule has 0 saturated heterocycles. The van der Waals surface area contributed by atoms with Crippen molar-refractivity contribution in [2.24, 2.45) is 0 Å². The molecule has 0 aliphatic carbocycles. The highest BCUT2D eigenvalue weighted by molar-refractivity contribution is 7.92. The second kappa shape index (κ2) is 11.0. The molecule has 1 unspecified atom stereocenters. The minimum atomic E-state index is -3.88. The van der Waals surface area contributed by atoms with Crippen molar-refractivity contribution >= 4 is 50.7 Å². The van der Waals surface area contributed by atoms with Gasteiger partial charge in [0, 0.05) is 17.1 Å². The molecule has 2 aromatic rings. The number of hydrogen-bond acceptors (Lipinski definition) is 4. The van der Waals surface area contributed by atoms with Gasteiger partial charge in [-0.05, 0) is 63.9 Å². The Labute approximate surface area is 212 Å². The van der Waals surface area contributed by atoms with Crippen molar-refractivity contribution < 1.29 is 18.0 Å². The first kappa shape index (κ1) is 28.0. The number of nitrogens with one attached hydrogen (secondary N) is 1. The number of benzene rings is 2. The van der Waals surface area contributed by atoms with Crippen molar-refractivity contribution in [1.29, 1.82) is 0 Å². The lowest BCUT2D eigenvalue weighted by atomic mass is 10.1. The fraction of sp³-hybridized carbons (Fsp3) is 0.417. The zero-order valence-electron chi connectivity index (χ0n) is 20.2. The zero-order valence-corrected chi connectivity index (χ0v) is 22.6. The van der Waals surface area contributed by atoms with Crippen LogP contribution in [0.15, 0.2) is 42.5 Å². The van der Waals surface area contributed by atoms with Crippen LogP contribution in [0.5, 0.6) is 0 Å². The minimum Gasteiger partial charge on any atom is -0.350 e. The van der Waals surface area contributed by atoms with Crippen LogP contribution in [0.4, 0.5) is 5.69 Å². The SMILES string of the molecule is Cc1ccccc1CN(C(=O)CN(c1ccc(Cl)cc1Cl)S(C)(=O)=O)C(C)C(=O)NC(C)(C)C. The quantitative estimate of drug-likeness (QED) is 0.551. The molecule has 0 aliphatic rings. The Morgan fingerprint density at radius 2 is 1.71 bits per heavy atom. The van der Waals surface area contributed by atoms with Crippen LogP contribution in [0.25, 0.3) is 0 Å². The first-order chi connectivity index (χ1) is 15.6. The highest BCUT2D eigenvalue weighted by Gasteiger charge is 2.32. The fourth-order valence-corrected chi connectivity index (χ4v) is 4.73. The van der Waals surface area contributed by atoms with Crippen LogP contribution in [0.3, 0.4) is 0 Å². The van der Waals surface area contributed by atoms with Gasteiger partial charge in [-0.3, -0.25) is 13.9 Å². The average molecular weight is 529 g/mol. The van der Waals surface area contributed by atoms with E-state index in [0.717, 1.165) is 21.7 Å². The van der Waals surface area contributed by atoms with Crippen LogP contribution in [-0.4, -0.2) is 49.5 Å². The van der Waals surface area contributed by atoms with Gasteiger partial charge in [-0.25, -0.2) is 8.42 Å². The Morgan fingerprint density at radius 3 is 2.24 bits per heavy atom. The van der Waals surface area contributed by atoms with Crippen LogP contribution in [-0.2, 0) is 26.2 Å². The molecular formula is C24H31Cl2N3O4S. The minimum absolute atomic E-state index is 0.0923. The lowest BCUT2D eigenvalue weighted by Crippen LogP contribution is -2.54. The van der Waals surface area contributed by atoms with Crippen molar-refractivity contribution in [2.45, 2.75) is 52.7 Å². The summed E-state index contributed by atoms with van der Waals surface area (Å²) in [6.45, 7) is 8.68. The van der Waals surface area contributed by atoms with Crippen molar-refractivity contribution in [2.75, 3.05) is 17.1 Å². The average Bonchev–Trinajstić information content (AvgIpc) is 2.69. The van der Waals surface area contributed by atoms with E-state index in [-0.39, 0.29) is 23.2 Å². The van der Waals surface area contributed by atoms with Gasteiger partial charge in [-0.2, -0.15) is 0 Å². The van der Waals surface area contributed by atoms with Gasteiger partial charge in [0.2, 0.25) is 21.8 Å². The third-order valence-corrected chi connectivity index (χ3v) is 6.79. The van der Waals surface area contributed by atoms with Crippen LogP contribution >= 0.6 is 23.2 Å². The maximum absolute atomic E-state index is 13.5. The first-order valence-corrected chi connectivity index (χ1v) is 13.3. The van der Waals surface area contributed by atoms with Crippen LogP contribution in [0.2, 0.25) is 10.0 Å². The molecule has 1 atom stereocenters. The third kappa shape index (κ3) is 7.61. The summed E-state index contributed by atoms with van der Waals surface area (Å²) < 4.78 is 26.2. The Hall–Kier alpha value is -2.29. The number of aryl methyl sites for hydroxylation is 1. The molecule has 0 fully saturated rings. The Morgan fingerprint density at radius 1 is 1.09 bits per heavy atom. The molecule has 0 spiro atoms. The van der Waals surface area contributed by atoms with E-state index in [9.17, 15) is 18.0 Å². The Balaban J connectivity index is 2.45. The fourth-order valence-electron chi connectivity index (χ4n) is 3.31. The molecule has 2 aromatic carbocycles. The molecule has 34 heavy (non-hydrogen) atoms. The van der Waals surface area contributed by atoms with Gasteiger partial charge in [0.1, 0.15) is 12.6 Å². The van der Waals surface area contributed by atoms with E-state index < -0.39 is 34.1 Å². The number of rotatable bonds is 8. The highest BCUT2D eigenvalue weighted by atomic mass is 35.5. The van der Waals surface area contributed by atoms with Gasteiger partial charge in [-0.1, -0.05) is 47.5 Å². The van der Waals surface area contributed by atoms with Gasteiger partial charge in [-0.15, -0.1) is 0 Å². The standard InChI is InChI=1S/C24H31Cl2N3O4S/c1-16-9-7-8-10-18(16)14-28(17(2)23(31)27-24(3,4)5)22(30)15-29(34(6,32)33)21-12-11-19(25)13-20(21)26/h7-13,17H,14-15H2,1-6H3,(H,27,31). The molecule has 0 saturated carbocycles. The molecule has 0 heterocycles. The van der Waals surface area contributed by atoms with Gasteiger partial charge in [0.15, 0.2) is 0 Å². The Bertz CT molecular complexity index is 1160. The van der Waals surface area contributed by atoms with E-state index >= 15 is 0 Å². The number of hydrogen-bond donors (Lipinski definition) is 1. The summed E-state index contributed by atoms with van der Waals surface area (Å²) in [5.74, 6) is -0.888. The normalized spacial score (nSPS) is 12.7. The summed E-state index contributed by atoms with van der Waals surface area (Å²) >= 11 is 12.2. The molecule has 0 bridgehead atoms. The molecule has 10 heteroatoms. The predicted octanol–water partition coefficient (Wildman–Crippen LogP) is 4.40. The van der Waals surface area contributed by atoms with E-state index in [2.05, 4.69) is 5.32 Å². The van der Waals surface area contributed by atoms with Gasteiger partial charge < -0.3 is 10.2 Å². The molecule has 0 aromatic heterocycles. The first-order valence-electron chi connectivity index (χ1n) is 10.7. The van der Waals surface area contributed by atoms with Crippen molar-refractivity contribution in [3.8, 4) is 0 Å². The monoisotopic (exact) mass is 527 g/mol. The number of halogens is 2. The van der Waals surface area contributed by atoms with Gasteiger partial charge >= 0.3 is 0 Å². The molecular weight excluding hydrogens is 497 g/mol.